The molecule has 1 aliphatic heterocycles. The van der Waals surface area contributed by atoms with Crippen LogP contribution in [0.4, 0.5) is 14.6 Å². The molecule has 1 aliphatic rings. The monoisotopic (exact) mass is 517 g/mol. The smallest absolute Gasteiger partial charge is 0.251 e. The number of nitrogens with one attached hydrogen (secondary N) is 1. The van der Waals surface area contributed by atoms with Crippen LogP contribution < -0.4 is 10.9 Å². The third-order valence-electron chi connectivity index (χ3n) is 7.35. The molecule has 3 heterocycles. The fourth-order valence-electron chi connectivity index (χ4n) is 5.35. The van der Waals surface area contributed by atoms with Crippen LogP contribution in [0.25, 0.3) is 16.9 Å². The van der Waals surface area contributed by atoms with Crippen molar-refractivity contribution >= 4 is 5.82 Å². The van der Waals surface area contributed by atoms with Gasteiger partial charge in [0.15, 0.2) is 0 Å². The highest BCUT2D eigenvalue weighted by Gasteiger charge is 2.34. The number of hydrogen-bond donors (Lipinski definition) is 1. The maximum absolute atomic E-state index is 13.5. The van der Waals surface area contributed by atoms with E-state index in [0.29, 0.717) is 6.54 Å². The molecule has 0 aliphatic carbocycles. The average molecular weight is 518 g/mol. The van der Waals surface area contributed by atoms with Crippen LogP contribution in [0.15, 0.2) is 83.8 Å². The summed E-state index contributed by atoms with van der Waals surface area (Å²) in [5.41, 5.74) is 4.38. The molecular formula is C30H33F2N5O. The predicted octanol–water partition coefficient (Wildman–Crippen LogP) is 5.30. The second kappa shape index (κ2) is 11.3. The van der Waals surface area contributed by atoms with Crippen LogP contribution in [0.3, 0.4) is 0 Å². The Morgan fingerprint density at radius 2 is 1.76 bits per heavy atom. The first-order valence-electron chi connectivity index (χ1n) is 13.0. The summed E-state index contributed by atoms with van der Waals surface area (Å²) in [6.45, 7) is 2.29. The first-order valence-corrected chi connectivity index (χ1v) is 13.0. The SMILES string of the molecule is Cc1c(-c2ccn(C)c(=O)c2)nn(-c2ccccc2)c1N[C@H]1C[C@H](CCc2ccccc2)N(CC(F)F)C1. The van der Waals surface area contributed by atoms with Gasteiger partial charge in [-0.2, -0.15) is 5.10 Å². The molecule has 0 unspecified atom stereocenters. The zero-order valence-electron chi connectivity index (χ0n) is 21.7. The van der Waals surface area contributed by atoms with Crippen molar-refractivity contribution in [1.82, 2.24) is 19.2 Å². The van der Waals surface area contributed by atoms with Crippen molar-refractivity contribution in [2.75, 3.05) is 18.4 Å². The number of pyridine rings is 1. The molecule has 2 aromatic heterocycles. The van der Waals surface area contributed by atoms with Crippen LogP contribution in [0, 0.1) is 6.92 Å². The molecule has 1 N–H and O–H groups in total. The van der Waals surface area contributed by atoms with E-state index in [1.54, 1.807) is 19.3 Å². The Labute approximate surface area is 221 Å². The zero-order chi connectivity index (χ0) is 26.6. The second-order valence-electron chi connectivity index (χ2n) is 10.0. The first kappa shape index (κ1) is 25.9. The number of hydrogen-bond acceptors (Lipinski definition) is 4. The molecule has 2 atom stereocenters. The molecule has 0 spiro atoms. The number of nitrogens with zero attached hydrogens (tertiary/aromatic N) is 4. The van der Waals surface area contributed by atoms with Crippen molar-refractivity contribution in [1.29, 1.82) is 0 Å². The number of benzene rings is 2. The molecule has 2 aromatic carbocycles. The van der Waals surface area contributed by atoms with E-state index in [1.807, 2.05) is 71.1 Å². The summed E-state index contributed by atoms with van der Waals surface area (Å²) in [6.07, 6.45) is 1.80. The lowest BCUT2D eigenvalue weighted by Crippen LogP contribution is -2.35. The minimum atomic E-state index is -2.38. The van der Waals surface area contributed by atoms with Gasteiger partial charge in [0.1, 0.15) is 5.82 Å². The molecule has 0 radical (unpaired) electrons. The molecule has 38 heavy (non-hydrogen) atoms. The summed E-state index contributed by atoms with van der Waals surface area (Å²) in [4.78, 5) is 14.3. The fraction of sp³-hybridized carbons (Fsp3) is 0.333. The Balaban J connectivity index is 1.43. The van der Waals surface area contributed by atoms with E-state index in [1.165, 1.54) is 10.1 Å². The average Bonchev–Trinajstić information content (AvgIpc) is 3.45. The number of likely N-dealkylation sites (tertiary alicyclic amines) is 1. The minimum absolute atomic E-state index is 0.0103. The highest BCUT2D eigenvalue weighted by atomic mass is 19.3. The van der Waals surface area contributed by atoms with Crippen LogP contribution in [-0.4, -0.2) is 50.8 Å². The Morgan fingerprint density at radius 1 is 1.05 bits per heavy atom. The van der Waals surface area contributed by atoms with Gasteiger partial charge in [-0.05, 0) is 49.9 Å². The van der Waals surface area contributed by atoms with E-state index < -0.39 is 6.43 Å². The van der Waals surface area contributed by atoms with E-state index >= 15 is 0 Å². The number of aromatic nitrogens is 3. The van der Waals surface area contributed by atoms with Gasteiger partial charge in [0.2, 0.25) is 0 Å². The normalized spacial score (nSPS) is 17.8. The van der Waals surface area contributed by atoms with Gasteiger partial charge in [0, 0.05) is 49.1 Å². The van der Waals surface area contributed by atoms with Crippen molar-refractivity contribution in [3.8, 4) is 16.9 Å². The van der Waals surface area contributed by atoms with Gasteiger partial charge < -0.3 is 9.88 Å². The van der Waals surface area contributed by atoms with Crippen molar-refractivity contribution in [3.63, 3.8) is 0 Å². The maximum atomic E-state index is 13.5. The van der Waals surface area contributed by atoms with Crippen molar-refractivity contribution in [2.24, 2.45) is 7.05 Å². The standard InChI is InChI=1S/C30H33F2N5O/c1-21-29(23-15-16-35(2)28(38)17-23)34-37(25-11-7-4-8-12-25)30(21)33-24-18-26(36(19-24)20-27(31)32)14-13-22-9-5-3-6-10-22/h3-12,15-17,24,26-27,33H,13-14,18-20H2,1-2H3/t24-,26-/m0/s1. The number of para-hydroxylation sites is 1. The third kappa shape index (κ3) is 5.70. The van der Waals surface area contributed by atoms with Crippen LogP contribution in [0.5, 0.6) is 0 Å². The van der Waals surface area contributed by atoms with E-state index in [9.17, 15) is 13.6 Å². The zero-order valence-corrected chi connectivity index (χ0v) is 21.7. The van der Waals surface area contributed by atoms with Crippen LogP contribution in [-0.2, 0) is 13.5 Å². The number of alkyl halides is 2. The topological polar surface area (TPSA) is 55.1 Å². The summed E-state index contributed by atoms with van der Waals surface area (Å²) in [7, 11) is 1.72. The highest BCUT2D eigenvalue weighted by molar-refractivity contribution is 5.70. The molecule has 198 valence electrons. The largest absolute Gasteiger partial charge is 0.366 e. The lowest BCUT2D eigenvalue weighted by atomic mass is 10.0. The minimum Gasteiger partial charge on any atom is -0.366 e. The lowest BCUT2D eigenvalue weighted by molar-refractivity contribution is 0.0803. The maximum Gasteiger partial charge on any atom is 0.251 e. The first-order chi connectivity index (χ1) is 18.4. The molecule has 5 rings (SSSR count). The third-order valence-corrected chi connectivity index (χ3v) is 7.35. The Morgan fingerprint density at radius 3 is 2.45 bits per heavy atom. The lowest BCUT2D eigenvalue weighted by Gasteiger charge is -2.23. The molecule has 0 saturated carbocycles. The van der Waals surface area contributed by atoms with E-state index in [0.717, 1.165) is 47.6 Å². The number of aryl methyl sites for hydroxylation is 2. The van der Waals surface area contributed by atoms with E-state index in [4.69, 9.17) is 5.10 Å². The molecule has 1 fully saturated rings. The Kier molecular flexibility index (Phi) is 7.69. The van der Waals surface area contributed by atoms with Crippen LogP contribution in [0.2, 0.25) is 0 Å². The molecule has 1 saturated heterocycles. The second-order valence-corrected chi connectivity index (χ2v) is 10.0. The molecule has 6 nitrogen and oxygen atoms in total. The van der Waals surface area contributed by atoms with Crippen LogP contribution in [0.1, 0.15) is 24.0 Å². The molecule has 0 bridgehead atoms. The van der Waals surface area contributed by atoms with Gasteiger partial charge in [-0.15, -0.1) is 0 Å². The van der Waals surface area contributed by atoms with Crippen molar-refractivity contribution in [3.05, 3.63) is 100 Å². The number of rotatable bonds is 9. The van der Waals surface area contributed by atoms with Gasteiger partial charge >= 0.3 is 0 Å². The quantitative estimate of drug-likeness (QED) is 0.327. The van der Waals surface area contributed by atoms with Gasteiger partial charge in [0.05, 0.1) is 17.9 Å². The molecule has 0 amide bonds. The Hall–Kier alpha value is -3.78. The van der Waals surface area contributed by atoms with Crippen molar-refractivity contribution in [2.45, 2.75) is 44.7 Å². The van der Waals surface area contributed by atoms with Crippen LogP contribution >= 0.6 is 0 Å². The molecule has 8 heteroatoms. The predicted molar refractivity (Wildman–Crippen MR) is 147 cm³/mol. The van der Waals surface area contributed by atoms with E-state index in [2.05, 4.69) is 17.4 Å². The van der Waals surface area contributed by atoms with Gasteiger partial charge in [-0.25, -0.2) is 13.5 Å². The number of halogens is 2. The van der Waals surface area contributed by atoms with Crippen molar-refractivity contribution < 1.29 is 8.78 Å². The highest BCUT2D eigenvalue weighted by Crippen LogP contribution is 2.33. The molecule has 4 aromatic rings. The number of anilines is 1. The summed E-state index contributed by atoms with van der Waals surface area (Å²) in [5, 5.41) is 8.55. The molecular weight excluding hydrogens is 484 g/mol. The van der Waals surface area contributed by atoms with Gasteiger partial charge in [-0.3, -0.25) is 9.69 Å². The summed E-state index contributed by atoms with van der Waals surface area (Å²) in [5.74, 6) is 0.817. The van der Waals surface area contributed by atoms with Gasteiger partial charge in [-0.1, -0.05) is 48.5 Å². The van der Waals surface area contributed by atoms with E-state index in [-0.39, 0.29) is 24.2 Å². The summed E-state index contributed by atoms with van der Waals surface area (Å²) >= 11 is 0. The van der Waals surface area contributed by atoms with Gasteiger partial charge in [0.25, 0.3) is 12.0 Å². The summed E-state index contributed by atoms with van der Waals surface area (Å²) in [6, 6.07) is 23.5. The Bertz CT molecular complexity index is 1420. The summed E-state index contributed by atoms with van der Waals surface area (Å²) < 4.78 is 30.3. The fourth-order valence-corrected chi connectivity index (χ4v) is 5.35.